The van der Waals surface area contributed by atoms with Crippen LogP contribution in [0.5, 0.6) is 0 Å². The van der Waals surface area contributed by atoms with Gasteiger partial charge in [0.05, 0.1) is 11.1 Å². The zero-order chi connectivity index (χ0) is 15.0. The molecule has 0 aliphatic heterocycles. The number of fused-ring (bicyclic) bond motifs is 1. The van der Waals surface area contributed by atoms with E-state index in [4.69, 9.17) is 5.11 Å². The summed E-state index contributed by atoms with van der Waals surface area (Å²) in [6.45, 7) is 1.81. The van der Waals surface area contributed by atoms with Gasteiger partial charge in [0.2, 0.25) is 0 Å². The van der Waals surface area contributed by atoms with Crippen LogP contribution in [0.3, 0.4) is 0 Å². The molecule has 21 heavy (non-hydrogen) atoms. The Kier molecular flexibility index (Phi) is 3.48. The second-order valence-electron chi connectivity index (χ2n) is 4.50. The Hall–Kier alpha value is -2.18. The smallest absolute Gasteiger partial charge is 0.338 e. The van der Waals surface area contributed by atoms with E-state index < -0.39 is 5.97 Å². The van der Waals surface area contributed by atoms with E-state index in [1.807, 2.05) is 31.2 Å². The topological polar surface area (TPSA) is 66.4 Å². The Balaban J connectivity index is 1.95. The number of aryl methyl sites for hydroxylation is 1. The molecule has 0 spiro atoms. The summed E-state index contributed by atoms with van der Waals surface area (Å²) in [5, 5.41) is 14.9. The third kappa shape index (κ3) is 2.55. The van der Waals surface area contributed by atoms with Crippen LogP contribution in [0.15, 0.2) is 35.7 Å². The number of carbonyl (C=O) groups excluding carboxylic acids is 1. The lowest BCUT2D eigenvalue weighted by Gasteiger charge is -2.03. The van der Waals surface area contributed by atoms with Gasteiger partial charge in [-0.05, 0) is 19.1 Å². The molecule has 4 nitrogen and oxygen atoms in total. The molecule has 2 N–H and O–H groups in total. The number of carboxylic acid groups (broad SMARTS) is 1. The fraction of sp³-hybridized carbons (Fsp3) is 0.0667. The van der Waals surface area contributed by atoms with Crippen LogP contribution in [0, 0.1) is 6.92 Å². The monoisotopic (exact) mass is 317 g/mol. The van der Waals surface area contributed by atoms with Gasteiger partial charge in [-0.3, -0.25) is 4.79 Å². The van der Waals surface area contributed by atoms with Crippen LogP contribution in [0.2, 0.25) is 0 Å². The number of carbonyl (C=O) groups is 2. The standard InChI is InChI=1S/C15H11NO3S2/c1-8-6-10(15(18)19)14(21-8)16-13(17)11-7-20-12-5-3-2-4-9(11)12/h2-7H,1H3,(H,16,17)(H,18,19). The summed E-state index contributed by atoms with van der Waals surface area (Å²) in [6, 6.07) is 9.21. The molecule has 0 atom stereocenters. The predicted octanol–water partition coefficient (Wildman–Crippen LogP) is 4.22. The van der Waals surface area contributed by atoms with Crippen molar-refractivity contribution in [3.8, 4) is 0 Å². The largest absolute Gasteiger partial charge is 0.478 e. The molecule has 0 aliphatic carbocycles. The summed E-state index contributed by atoms with van der Waals surface area (Å²) in [6.07, 6.45) is 0. The fourth-order valence-corrected chi connectivity index (χ4v) is 3.93. The molecule has 6 heteroatoms. The number of hydrogen-bond acceptors (Lipinski definition) is 4. The predicted molar refractivity (Wildman–Crippen MR) is 85.8 cm³/mol. The van der Waals surface area contributed by atoms with E-state index in [1.165, 1.54) is 22.7 Å². The third-order valence-electron chi connectivity index (χ3n) is 3.04. The first-order valence-corrected chi connectivity index (χ1v) is 7.87. The third-order valence-corrected chi connectivity index (χ3v) is 4.97. The molecule has 0 saturated heterocycles. The van der Waals surface area contributed by atoms with Crippen LogP contribution in [-0.2, 0) is 0 Å². The number of hydrogen-bond donors (Lipinski definition) is 2. The first kappa shape index (κ1) is 13.8. The first-order chi connectivity index (χ1) is 10.1. The molecule has 106 valence electrons. The summed E-state index contributed by atoms with van der Waals surface area (Å²) >= 11 is 2.76. The minimum atomic E-state index is -1.04. The Morgan fingerprint density at radius 3 is 2.71 bits per heavy atom. The van der Waals surface area contributed by atoms with Crippen molar-refractivity contribution in [2.24, 2.45) is 0 Å². The van der Waals surface area contributed by atoms with Crippen LogP contribution in [0.4, 0.5) is 5.00 Å². The molecule has 0 fully saturated rings. The molecule has 0 saturated carbocycles. The SMILES string of the molecule is Cc1cc(C(=O)O)c(NC(=O)c2csc3ccccc23)s1. The summed E-state index contributed by atoms with van der Waals surface area (Å²) < 4.78 is 1.03. The van der Waals surface area contributed by atoms with E-state index in [0.29, 0.717) is 10.6 Å². The molecular weight excluding hydrogens is 306 g/mol. The molecule has 0 radical (unpaired) electrons. The molecule has 0 unspecified atom stereocenters. The van der Waals surface area contributed by atoms with Crippen molar-refractivity contribution in [1.82, 2.24) is 0 Å². The molecule has 1 amide bonds. The van der Waals surface area contributed by atoms with Crippen LogP contribution in [0.25, 0.3) is 10.1 Å². The average Bonchev–Trinajstić information content (AvgIpc) is 3.02. The molecule has 2 aromatic heterocycles. The second-order valence-corrected chi connectivity index (χ2v) is 6.67. The van der Waals surface area contributed by atoms with Gasteiger partial charge in [0.15, 0.2) is 0 Å². The molecule has 3 rings (SSSR count). The van der Waals surface area contributed by atoms with Crippen LogP contribution in [-0.4, -0.2) is 17.0 Å². The average molecular weight is 317 g/mol. The van der Waals surface area contributed by atoms with Gasteiger partial charge in [0, 0.05) is 20.3 Å². The van der Waals surface area contributed by atoms with Crippen molar-refractivity contribution in [1.29, 1.82) is 0 Å². The highest BCUT2D eigenvalue weighted by molar-refractivity contribution is 7.18. The van der Waals surface area contributed by atoms with Gasteiger partial charge in [-0.15, -0.1) is 22.7 Å². The summed E-state index contributed by atoms with van der Waals surface area (Å²) in [7, 11) is 0. The van der Waals surface area contributed by atoms with E-state index in [0.717, 1.165) is 15.0 Å². The van der Waals surface area contributed by atoms with Gasteiger partial charge >= 0.3 is 5.97 Å². The van der Waals surface area contributed by atoms with Crippen molar-refractivity contribution in [3.05, 3.63) is 51.7 Å². The summed E-state index contributed by atoms with van der Waals surface area (Å²) in [4.78, 5) is 24.4. The zero-order valence-electron chi connectivity index (χ0n) is 11.0. The Bertz CT molecular complexity index is 848. The Morgan fingerprint density at radius 1 is 1.19 bits per heavy atom. The molecule has 1 aromatic carbocycles. The van der Waals surface area contributed by atoms with E-state index in [-0.39, 0.29) is 11.5 Å². The zero-order valence-corrected chi connectivity index (χ0v) is 12.7. The van der Waals surface area contributed by atoms with Gasteiger partial charge < -0.3 is 10.4 Å². The highest BCUT2D eigenvalue weighted by Gasteiger charge is 2.18. The van der Waals surface area contributed by atoms with E-state index in [1.54, 1.807) is 11.4 Å². The number of anilines is 1. The van der Waals surface area contributed by atoms with Crippen molar-refractivity contribution in [2.45, 2.75) is 6.92 Å². The van der Waals surface area contributed by atoms with Crippen molar-refractivity contribution < 1.29 is 14.7 Å². The minimum absolute atomic E-state index is 0.130. The molecular formula is C15H11NO3S2. The highest BCUT2D eigenvalue weighted by Crippen LogP contribution is 2.30. The molecule has 0 bridgehead atoms. The fourth-order valence-electron chi connectivity index (χ4n) is 2.09. The quantitative estimate of drug-likeness (QED) is 0.760. The van der Waals surface area contributed by atoms with E-state index in [9.17, 15) is 9.59 Å². The van der Waals surface area contributed by atoms with Crippen LogP contribution < -0.4 is 5.32 Å². The maximum Gasteiger partial charge on any atom is 0.338 e. The Morgan fingerprint density at radius 2 is 1.95 bits per heavy atom. The van der Waals surface area contributed by atoms with Gasteiger partial charge in [0.1, 0.15) is 5.00 Å². The van der Waals surface area contributed by atoms with E-state index in [2.05, 4.69) is 5.32 Å². The number of carboxylic acids is 1. The minimum Gasteiger partial charge on any atom is -0.478 e. The van der Waals surface area contributed by atoms with Crippen molar-refractivity contribution in [2.75, 3.05) is 5.32 Å². The lowest BCUT2D eigenvalue weighted by molar-refractivity contribution is 0.0698. The summed E-state index contributed by atoms with van der Waals surface area (Å²) in [5.74, 6) is -1.32. The maximum atomic E-state index is 12.4. The normalized spacial score (nSPS) is 10.7. The lowest BCUT2D eigenvalue weighted by atomic mass is 10.1. The number of thiophene rings is 2. The maximum absolute atomic E-state index is 12.4. The number of aromatic carboxylic acids is 1. The van der Waals surface area contributed by atoms with E-state index >= 15 is 0 Å². The number of benzene rings is 1. The lowest BCUT2D eigenvalue weighted by Crippen LogP contribution is -2.12. The van der Waals surface area contributed by atoms with Gasteiger partial charge in [-0.25, -0.2) is 4.79 Å². The van der Waals surface area contributed by atoms with Gasteiger partial charge in [0.25, 0.3) is 5.91 Å². The molecule has 3 aromatic rings. The van der Waals surface area contributed by atoms with Gasteiger partial charge in [-0.2, -0.15) is 0 Å². The van der Waals surface area contributed by atoms with Crippen LogP contribution in [0.1, 0.15) is 25.6 Å². The number of nitrogens with one attached hydrogen (secondary N) is 1. The van der Waals surface area contributed by atoms with Gasteiger partial charge in [-0.1, -0.05) is 18.2 Å². The number of amides is 1. The highest BCUT2D eigenvalue weighted by atomic mass is 32.1. The second kappa shape index (κ2) is 5.31. The molecule has 0 aliphatic rings. The van der Waals surface area contributed by atoms with Crippen LogP contribution >= 0.6 is 22.7 Å². The summed E-state index contributed by atoms with van der Waals surface area (Å²) in [5.41, 5.74) is 0.698. The first-order valence-electron chi connectivity index (χ1n) is 6.17. The van der Waals surface area contributed by atoms with Crippen molar-refractivity contribution in [3.63, 3.8) is 0 Å². The Labute approximate surface area is 128 Å². The van der Waals surface area contributed by atoms with Crippen molar-refractivity contribution >= 4 is 49.6 Å². The number of rotatable bonds is 3. The molecule has 2 heterocycles.